The van der Waals surface area contributed by atoms with Crippen LogP contribution in [0.2, 0.25) is 0 Å². The molecule has 0 radical (unpaired) electrons. The summed E-state index contributed by atoms with van der Waals surface area (Å²) in [5.74, 6) is -0.417. The van der Waals surface area contributed by atoms with Gasteiger partial charge in [0.2, 0.25) is 0 Å². The lowest BCUT2D eigenvalue weighted by atomic mass is 9.99. The van der Waals surface area contributed by atoms with Crippen molar-refractivity contribution in [3.05, 3.63) is 65.5 Å². The van der Waals surface area contributed by atoms with E-state index in [0.717, 1.165) is 5.56 Å². The van der Waals surface area contributed by atoms with Crippen LogP contribution in [0.3, 0.4) is 0 Å². The summed E-state index contributed by atoms with van der Waals surface area (Å²) in [5, 5.41) is 0. The van der Waals surface area contributed by atoms with Crippen LogP contribution < -0.4 is 0 Å². The summed E-state index contributed by atoms with van der Waals surface area (Å²) in [6.07, 6.45) is 2.82. The monoisotopic (exact) mass is 253 g/mol. The smallest absolute Gasteiger partial charge is 0.339 e. The van der Waals surface area contributed by atoms with E-state index in [1.54, 1.807) is 36.7 Å². The molecule has 19 heavy (non-hydrogen) atoms. The summed E-state index contributed by atoms with van der Waals surface area (Å²) in [6.45, 7) is 0. The van der Waals surface area contributed by atoms with Gasteiger partial charge in [0.1, 0.15) is 6.10 Å². The quantitative estimate of drug-likeness (QED) is 0.623. The molecule has 0 bridgehead atoms. The Morgan fingerprint density at radius 1 is 1.16 bits per heavy atom. The van der Waals surface area contributed by atoms with Gasteiger partial charge in [-0.05, 0) is 18.2 Å². The molecule has 1 atom stereocenters. The van der Waals surface area contributed by atoms with Crippen LogP contribution in [-0.4, -0.2) is 16.7 Å². The summed E-state index contributed by atoms with van der Waals surface area (Å²) in [6, 6.07) is 10.5. The van der Waals surface area contributed by atoms with E-state index in [1.165, 1.54) is 0 Å². The Labute approximate surface area is 110 Å². The standard InChI is InChI=1S/C15H11NO3/c17-13(10-5-7-16-8-6-10)9-14-11-3-1-2-4-12(11)15(18)19-14/h1-8,14H,9H2. The predicted molar refractivity (Wildman–Crippen MR) is 67.8 cm³/mol. The maximum Gasteiger partial charge on any atom is 0.339 e. The van der Waals surface area contributed by atoms with Gasteiger partial charge < -0.3 is 4.74 Å². The van der Waals surface area contributed by atoms with Gasteiger partial charge >= 0.3 is 5.97 Å². The number of hydrogen-bond acceptors (Lipinski definition) is 4. The van der Waals surface area contributed by atoms with Crippen molar-refractivity contribution in [2.24, 2.45) is 0 Å². The van der Waals surface area contributed by atoms with Gasteiger partial charge in [0.15, 0.2) is 5.78 Å². The molecule has 0 spiro atoms. The molecule has 94 valence electrons. The first-order valence-electron chi connectivity index (χ1n) is 5.99. The number of fused-ring (bicyclic) bond motifs is 1. The molecule has 1 aromatic heterocycles. The molecular formula is C15H11NO3. The molecule has 2 aromatic rings. The van der Waals surface area contributed by atoms with Gasteiger partial charge in [0, 0.05) is 23.5 Å². The van der Waals surface area contributed by atoms with Crippen molar-refractivity contribution in [2.75, 3.05) is 0 Å². The first-order valence-corrected chi connectivity index (χ1v) is 5.99. The van der Waals surface area contributed by atoms with Gasteiger partial charge in [-0.3, -0.25) is 9.78 Å². The Balaban J connectivity index is 1.83. The number of cyclic esters (lactones) is 1. The number of aromatic nitrogens is 1. The van der Waals surface area contributed by atoms with Crippen LogP contribution in [0.15, 0.2) is 48.8 Å². The van der Waals surface area contributed by atoms with Crippen molar-refractivity contribution >= 4 is 11.8 Å². The molecule has 1 aromatic carbocycles. The predicted octanol–water partition coefficient (Wildman–Crippen LogP) is 2.57. The second-order valence-electron chi connectivity index (χ2n) is 4.34. The van der Waals surface area contributed by atoms with Crippen molar-refractivity contribution in [1.29, 1.82) is 0 Å². The average molecular weight is 253 g/mol. The first kappa shape index (κ1) is 11.6. The van der Waals surface area contributed by atoms with E-state index in [1.807, 2.05) is 12.1 Å². The Morgan fingerprint density at radius 2 is 1.89 bits per heavy atom. The molecule has 1 aliphatic heterocycles. The number of nitrogens with zero attached hydrogens (tertiary/aromatic N) is 1. The highest BCUT2D eigenvalue weighted by Crippen LogP contribution is 2.33. The summed E-state index contributed by atoms with van der Waals surface area (Å²) in [5.41, 5.74) is 1.92. The highest BCUT2D eigenvalue weighted by atomic mass is 16.5. The molecule has 0 aliphatic carbocycles. The van der Waals surface area contributed by atoms with Gasteiger partial charge in [0.25, 0.3) is 0 Å². The summed E-state index contributed by atoms with van der Waals surface area (Å²) in [4.78, 5) is 27.6. The third-order valence-electron chi connectivity index (χ3n) is 3.15. The lowest BCUT2D eigenvalue weighted by Crippen LogP contribution is -2.07. The highest BCUT2D eigenvalue weighted by molar-refractivity contribution is 5.98. The SMILES string of the molecule is O=C(CC1OC(=O)c2ccccc21)c1ccncc1. The normalized spacial score (nSPS) is 16.8. The maximum absolute atomic E-state index is 12.1. The fourth-order valence-electron chi connectivity index (χ4n) is 2.20. The molecule has 0 saturated carbocycles. The van der Waals surface area contributed by atoms with E-state index < -0.39 is 6.10 Å². The van der Waals surface area contributed by atoms with E-state index in [4.69, 9.17) is 4.74 Å². The summed E-state index contributed by atoms with van der Waals surface area (Å²) < 4.78 is 5.25. The molecule has 2 heterocycles. The van der Waals surface area contributed by atoms with Crippen LogP contribution in [0.4, 0.5) is 0 Å². The second-order valence-corrected chi connectivity index (χ2v) is 4.34. The number of esters is 1. The molecule has 0 fully saturated rings. The molecule has 4 nitrogen and oxygen atoms in total. The van der Waals surface area contributed by atoms with Gasteiger partial charge in [-0.1, -0.05) is 18.2 Å². The molecule has 3 rings (SSSR count). The number of ether oxygens (including phenoxy) is 1. The lowest BCUT2D eigenvalue weighted by Gasteiger charge is -2.09. The van der Waals surface area contributed by atoms with Crippen molar-refractivity contribution < 1.29 is 14.3 Å². The molecule has 0 saturated heterocycles. The molecule has 0 amide bonds. The third kappa shape index (κ3) is 2.12. The lowest BCUT2D eigenvalue weighted by molar-refractivity contribution is 0.0367. The largest absolute Gasteiger partial charge is 0.453 e. The van der Waals surface area contributed by atoms with Gasteiger partial charge in [0.05, 0.1) is 12.0 Å². The minimum atomic E-state index is -0.482. The van der Waals surface area contributed by atoms with Crippen LogP contribution in [0, 0.1) is 0 Å². The highest BCUT2D eigenvalue weighted by Gasteiger charge is 2.32. The van der Waals surface area contributed by atoms with Crippen LogP contribution >= 0.6 is 0 Å². The van der Waals surface area contributed by atoms with E-state index in [9.17, 15) is 9.59 Å². The number of Topliss-reactive ketones (excluding diaryl/α,β-unsaturated/α-hetero) is 1. The first-order chi connectivity index (χ1) is 9.25. The van der Waals surface area contributed by atoms with Crippen molar-refractivity contribution in [3.8, 4) is 0 Å². The zero-order valence-corrected chi connectivity index (χ0v) is 10.1. The van der Waals surface area contributed by atoms with Crippen molar-refractivity contribution in [1.82, 2.24) is 4.98 Å². The number of carbonyl (C=O) groups is 2. The van der Waals surface area contributed by atoms with Crippen LogP contribution in [0.25, 0.3) is 0 Å². The number of benzene rings is 1. The zero-order valence-electron chi connectivity index (χ0n) is 10.1. The minimum Gasteiger partial charge on any atom is -0.453 e. The van der Waals surface area contributed by atoms with Crippen molar-refractivity contribution in [2.45, 2.75) is 12.5 Å². The van der Waals surface area contributed by atoms with Gasteiger partial charge in [-0.2, -0.15) is 0 Å². The number of hydrogen-bond donors (Lipinski definition) is 0. The zero-order chi connectivity index (χ0) is 13.2. The topological polar surface area (TPSA) is 56.3 Å². The summed E-state index contributed by atoms with van der Waals surface area (Å²) in [7, 11) is 0. The Bertz CT molecular complexity index is 637. The number of ketones is 1. The van der Waals surface area contributed by atoms with E-state index in [2.05, 4.69) is 4.98 Å². The number of carbonyl (C=O) groups excluding carboxylic acids is 2. The Hall–Kier alpha value is -2.49. The number of rotatable bonds is 3. The van der Waals surface area contributed by atoms with Crippen LogP contribution in [0.5, 0.6) is 0 Å². The second kappa shape index (κ2) is 4.65. The molecule has 4 heteroatoms. The molecule has 0 N–H and O–H groups in total. The van der Waals surface area contributed by atoms with Crippen LogP contribution in [0.1, 0.15) is 38.8 Å². The summed E-state index contributed by atoms with van der Waals surface area (Å²) >= 11 is 0. The number of pyridine rings is 1. The van der Waals surface area contributed by atoms with Crippen molar-refractivity contribution in [3.63, 3.8) is 0 Å². The Morgan fingerprint density at radius 3 is 2.68 bits per heavy atom. The average Bonchev–Trinajstić information content (AvgIpc) is 2.77. The fraction of sp³-hybridized carbons (Fsp3) is 0.133. The molecular weight excluding hydrogens is 242 g/mol. The van der Waals surface area contributed by atoms with Crippen LogP contribution in [-0.2, 0) is 4.74 Å². The van der Waals surface area contributed by atoms with Gasteiger partial charge in [-0.25, -0.2) is 4.79 Å². The van der Waals surface area contributed by atoms with E-state index in [0.29, 0.717) is 11.1 Å². The van der Waals surface area contributed by atoms with E-state index >= 15 is 0 Å². The molecule has 1 unspecified atom stereocenters. The Kier molecular flexibility index (Phi) is 2.83. The molecule has 1 aliphatic rings. The fourth-order valence-corrected chi connectivity index (χ4v) is 2.20. The van der Waals surface area contributed by atoms with Gasteiger partial charge in [-0.15, -0.1) is 0 Å². The maximum atomic E-state index is 12.1. The third-order valence-corrected chi connectivity index (χ3v) is 3.15. The van der Waals surface area contributed by atoms with E-state index in [-0.39, 0.29) is 18.2 Å². The minimum absolute atomic E-state index is 0.0584.